The Bertz CT molecular complexity index is 196. The van der Waals surface area contributed by atoms with E-state index in [-0.39, 0.29) is 11.0 Å². The van der Waals surface area contributed by atoms with Gasteiger partial charge in [0.15, 0.2) is 6.10 Å². The van der Waals surface area contributed by atoms with Crippen molar-refractivity contribution in [1.29, 1.82) is 0 Å². The molecule has 0 bridgehead atoms. The summed E-state index contributed by atoms with van der Waals surface area (Å²) in [6, 6.07) is 0. The first kappa shape index (κ1) is 12.3. The second kappa shape index (κ2) is 3.59. The minimum Gasteiger partial charge on any atom is -0.477 e. The number of likely N-dealkylation sites (N-methyl/N-ethyl adjacent to an activating group) is 1. The van der Waals surface area contributed by atoms with Crippen molar-refractivity contribution < 1.29 is 29.7 Å². The summed E-state index contributed by atoms with van der Waals surface area (Å²) in [5.41, 5.74) is 0. The fourth-order valence-electron chi connectivity index (χ4n) is 0.789. The van der Waals surface area contributed by atoms with E-state index in [0.717, 1.165) is 0 Å². The molecule has 0 spiro atoms. The Morgan fingerprint density at radius 1 is 1.38 bits per heavy atom. The minimum absolute atomic E-state index is 0.0701. The minimum atomic E-state index is -3.08. The van der Waals surface area contributed by atoms with Crippen molar-refractivity contribution in [3.05, 3.63) is 0 Å². The van der Waals surface area contributed by atoms with Crippen LogP contribution in [0.5, 0.6) is 0 Å². The van der Waals surface area contributed by atoms with Gasteiger partial charge in [-0.05, 0) is 0 Å². The SMILES string of the molecule is C[N+](C)(C)CC(O)C(O)(O)C(=O)O. The van der Waals surface area contributed by atoms with Gasteiger partial charge in [-0.1, -0.05) is 0 Å². The van der Waals surface area contributed by atoms with Gasteiger partial charge in [-0.15, -0.1) is 0 Å². The Morgan fingerprint density at radius 2 is 1.77 bits per heavy atom. The van der Waals surface area contributed by atoms with Gasteiger partial charge in [-0.25, -0.2) is 4.79 Å². The number of aliphatic hydroxyl groups is 3. The molecule has 6 nitrogen and oxygen atoms in total. The fourth-order valence-corrected chi connectivity index (χ4v) is 0.789. The van der Waals surface area contributed by atoms with Crippen LogP contribution in [0.25, 0.3) is 0 Å². The molecule has 0 aromatic carbocycles. The molecule has 78 valence electrons. The van der Waals surface area contributed by atoms with Crippen LogP contribution in [0.4, 0.5) is 0 Å². The molecule has 0 saturated heterocycles. The smallest absolute Gasteiger partial charge is 0.367 e. The Balaban J connectivity index is 4.43. The van der Waals surface area contributed by atoms with E-state index in [1.807, 2.05) is 0 Å². The summed E-state index contributed by atoms with van der Waals surface area (Å²) < 4.78 is 0.233. The first-order valence-corrected chi connectivity index (χ1v) is 3.74. The first-order valence-electron chi connectivity index (χ1n) is 3.74. The zero-order chi connectivity index (χ0) is 10.9. The number of aliphatic carboxylic acids is 1. The van der Waals surface area contributed by atoms with Gasteiger partial charge in [0.25, 0.3) is 5.79 Å². The maximum atomic E-state index is 10.3. The van der Waals surface area contributed by atoms with Crippen molar-refractivity contribution >= 4 is 5.97 Å². The number of rotatable bonds is 4. The molecule has 0 radical (unpaired) electrons. The summed E-state index contributed by atoms with van der Waals surface area (Å²) in [7, 11) is 5.09. The van der Waals surface area contributed by atoms with Crippen LogP contribution in [0.3, 0.4) is 0 Å². The van der Waals surface area contributed by atoms with Gasteiger partial charge < -0.3 is 24.9 Å². The lowest BCUT2D eigenvalue weighted by Gasteiger charge is -2.30. The monoisotopic (exact) mass is 194 g/mol. The molecule has 0 aliphatic carbocycles. The third kappa shape index (κ3) is 3.69. The van der Waals surface area contributed by atoms with Crippen LogP contribution in [0.1, 0.15) is 0 Å². The molecular weight excluding hydrogens is 178 g/mol. The van der Waals surface area contributed by atoms with Crippen LogP contribution in [0.2, 0.25) is 0 Å². The number of nitrogens with zero attached hydrogens (tertiary/aromatic N) is 1. The molecule has 4 N–H and O–H groups in total. The van der Waals surface area contributed by atoms with Crippen LogP contribution in [0, 0.1) is 0 Å². The summed E-state index contributed by atoms with van der Waals surface area (Å²) in [4.78, 5) is 10.3. The van der Waals surface area contributed by atoms with E-state index in [9.17, 15) is 9.90 Å². The molecule has 1 atom stereocenters. The average molecular weight is 194 g/mol. The second-order valence-electron chi connectivity index (χ2n) is 4.02. The van der Waals surface area contributed by atoms with Crippen LogP contribution in [-0.2, 0) is 4.79 Å². The highest BCUT2D eigenvalue weighted by molar-refractivity contribution is 5.75. The highest BCUT2D eigenvalue weighted by Gasteiger charge is 2.44. The number of hydrogen-bond donors (Lipinski definition) is 4. The van der Waals surface area contributed by atoms with Gasteiger partial charge in [0, 0.05) is 0 Å². The highest BCUT2D eigenvalue weighted by atomic mass is 16.6. The van der Waals surface area contributed by atoms with Crippen molar-refractivity contribution in [3.8, 4) is 0 Å². The molecule has 0 aliphatic heterocycles. The Kier molecular flexibility index (Phi) is 3.40. The van der Waals surface area contributed by atoms with Gasteiger partial charge >= 0.3 is 5.97 Å². The van der Waals surface area contributed by atoms with Crippen LogP contribution in [0.15, 0.2) is 0 Å². The van der Waals surface area contributed by atoms with E-state index in [2.05, 4.69) is 0 Å². The molecule has 0 rings (SSSR count). The topological polar surface area (TPSA) is 98.0 Å². The third-order valence-corrected chi connectivity index (χ3v) is 1.50. The van der Waals surface area contributed by atoms with Crippen molar-refractivity contribution in [2.24, 2.45) is 0 Å². The Labute approximate surface area is 76.2 Å². The summed E-state index contributed by atoms with van der Waals surface area (Å²) in [5.74, 6) is -4.93. The zero-order valence-electron chi connectivity index (χ0n) is 7.93. The first-order chi connectivity index (χ1) is 5.57. The number of carboxylic acid groups (broad SMARTS) is 1. The second-order valence-corrected chi connectivity index (χ2v) is 4.02. The van der Waals surface area contributed by atoms with Gasteiger partial charge in [-0.2, -0.15) is 0 Å². The van der Waals surface area contributed by atoms with E-state index >= 15 is 0 Å². The molecular formula is C7H16NO5+. The molecule has 0 aromatic rings. The van der Waals surface area contributed by atoms with Crippen molar-refractivity contribution in [2.45, 2.75) is 11.9 Å². The molecule has 0 fully saturated rings. The molecule has 1 unspecified atom stereocenters. The van der Waals surface area contributed by atoms with E-state index in [0.29, 0.717) is 0 Å². The van der Waals surface area contributed by atoms with Crippen LogP contribution in [-0.4, -0.2) is 70.5 Å². The number of carbonyl (C=O) groups is 1. The Morgan fingerprint density at radius 3 is 2.00 bits per heavy atom. The van der Waals surface area contributed by atoms with Crippen LogP contribution >= 0.6 is 0 Å². The Hall–Kier alpha value is -0.690. The molecule has 0 aromatic heterocycles. The fraction of sp³-hybridized carbons (Fsp3) is 0.857. The number of quaternary nitrogens is 1. The molecule has 0 heterocycles. The van der Waals surface area contributed by atoms with Gasteiger partial charge in [-0.3, -0.25) is 0 Å². The summed E-state index contributed by atoms with van der Waals surface area (Å²) in [6.07, 6.45) is -1.72. The lowest BCUT2D eigenvalue weighted by atomic mass is 10.1. The van der Waals surface area contributed by atoms with Gasteiger partial charge in [0.1, 0.15) is 6.54 Å². The highest BCUT2D eigenvalue weighted by Crippen LogP contribution is 2.09. The lowest BCUT2D eigenvalue weighted by Crippen LogP contribution is -2.56. The quantitative estimate of drug-likeness (QED) is 0.301. The number of carboxylic acids is 1. The van der Waals surface area contributed by atoms with Crippen molar-refractivity contribution in [3.63, 3.8) is 0 Å². The number of aliphatic hydroxyl groups excluding tert-OH is 1. The standard InChI is InChI=1S/C7H15NO5/c1-8(2,3)4-5(9)7(12,13)6(10)11/h5,9,12-13H,4H2,1-3H3/p+1. The van der Waals surface area contributed by atoms with E-state index in [4.69, 9.17) is 15.3 Å². The molecule has 0 aliphatic rings. The van der Waals surface area contributed by atoms with E-state index in [1.54, 1.807) is 21.1 Å². The predicted molar refractivity (Wildman–Crippen MR) is 43.7 cm³/mol. The maximum Gasteiger partial charge on any atom is 0.367 e. The van der Waals surface area contributed by atoms with Gasteiger partial charge in [0.2, 0.25) is 0 Å². The molecule has 0 saturated carbocycles. The molecule has 6 heteroatoms. The average Bonchev–Trinajstić information content (AvgIpc) is 1.82. The largest absolute Gasteiger partial charge is 0.477 e. The number of hydrogen-bond acceptors (Lipinski definition) is 4. The normalized spacial score (nSPS) is 15.5. The summed E-state index contributed by atoms with van der Waals surface area (Å²) in [5, 5.41) is 35.4. The summed E-state index contributed by atoms with van der Waals surface area (Å²) >= 11 is 0. The van der Waals surface area contributed by atoms with Gasteiger partial charge in [0.05, 0.1) is 21.1 Å². The van der Waals surface area contributed by atoms with Crippen molar-refractivity contribution in [1.82, 2.24) is 0 Å². The van der Waals surface area contributed by atoms with Crippen LogP contribution < -0.4 is 0 Å². The predicted octanol–water partition coefficient (Wildman–Crippen LogP) is -2.18. The molecule has 13 heavy (non-hydrogen) atoms. The van der Waals surface area contributed by atoms with E-state index < -0.39 is 17.9 Å². The third-order valence-electron chi connectivity index (χ3n) is 1.50. The van der Waals surface area contributed by atoms with Crippen molar-refractivity contribution in [2.75, 3.05) is 27.7 Å². The lowest BCUT2D eigenvalue weighted by molar-refractivity contribution is -0.874. The maximum absolute atomic E-state index is 10.3. The zero-order valence-corrected chi connectivity index (χ0v) is 7.93. The summed E-state index contributed by atoms with van der Waals surface area (Å²) in [6.45, 7) is -0.0701. The molecule has 0 amide bonds. The van der Waals surface area contributed by atoms with E-state index in [1.165, 1.54) is 0 Å².